The molecule has 1 amide bonds. The van der Waals surface area contributed by atoms with Gasteiger partial charge < -0.3 is 5.32 Å². The van der Waals surface area contributed by atoms with Crippen LogP contribution in [0.25, 0.3) is 10.6 Å². The standard InChI is InChI=1S/C16H20N2OS/c1-10-11(2)20-15(17-10)13-8-6-7-12(9-13)14(19)18-16(3,4)5/h6-9H,1-5H3,(H,18,19). The van der Waals surface area contributed by atoms with Crippen LogP contribution < -0.4 is 5.32 Å². The number of hydrogen-bond donors (Lipinski definition) is 1. The normalized spacial score (nSPS) is 11.4. The summed E-state index contributed by atoms with van der Waals surface area (Å²) in [4.78, 5) is 17.9. The Bertz CT molecular complexity index is 619. The smallest absolute Gasteiger partial charge is 0.251 e. The number of nitrogens with one attached hydrogen (secondary N) is 1. The van der Waals surface area contributed by atoms with Gasteiger partial charge in [-0.15, -0.1) is 11.3 Å². The van der Waals surface area contributed by atoms with Crippen LogP contribution in [0.3, 0.4) is 0 Å². The molecule has 0 unspecified atom stereocenters. The quantitative estimate of drug-likeness (QED) is 0.909. The molecule has 0 aliphatic carbocycles. The van der Waals surface area contributed by atoms with Gasteiger partial charge in [-0.1, -0.05) is 12.1 Å². The molecule has 0 radical (unpaired) electrons. The van der Waals surface area contributed by atoms with Crippen LogP contribution in [0.1, 0.15) is 41.7 Å². The molecule has 1 heterocycles. The number of rotatable bonds is 2. The number of thiazole rings is 1. The van der Waals surface area contributed by atoms with Gasteiger partial charge in [0, 0.05) is 21.5 Å². The van der Waals surface area contributed by atoms with Gasteiger partial charge in [0.2, 0.25) is 0 Å². The second kappa shape index (κ2) is 5.37. The molecule has 0 fully saturated rings. The number of aryl methyl sites for hydroxylation is 2. The Morgan fingerprint density at radius 3 is 2.50 bits per heavy atom. The molecule has 0 atom stereocenters. The van der Waals surface area contributed by atoms with Crippen molar-refractivity contribution in [2.24, 2.45) is 0 Å². The molecule has 0 aliphatic rings. The first-order valence-electron chi connectivity index (χ1n) is 6.63. The SMILES string of the molecule is Cc1nc(-c2cccc(C(=O)NC(C)(C)C)c2)sc1C. The average molecular weight is 288 g/mol. The molecule has 20 heavy (non-hydrogen) atoms. The van der Waals surface area contributed by atoms with Crippen LogP contribution in [-0.4, -0.2) is 16.4 Å². The first-order valence-corrected chi connectivity index (χ1v) is 7.45. The number of nitrogens with zero attached hydrogens (tertiary/aromatic N) is 1. The summed E-state index contributed by atoms with van der Waals surface area (Å²) in [6, 6.07) is 7.63. The van der Waals surface area contributed by atoms with Crippen molar-refractivity contribution in [2.75, 3.05) is 0 Å². The van der Waals surface area contributed by atoms with Crippen molar-refractivity contribution in [3.05, 3.63) is 40.4 Å². The highest BCUT2D eigenvalue weighted by molar-refractivity contribution is 7.15. The van der Waals surface area contributed by atoms with Crippen molar-refractivity contribution in [1.82, 2.24) is 10.3 Å². The van der Waals surface area contributed by atoms with Gasteiger partial charge in [-0.05, 0) is 46.8 Å². The van der Waals surface area contributed by atoms with E-state index in [1.165, 1.54) is 4.88 Å². The fraction of sp³-hybridized carbons (Fsp3) is 0.375. The zero-order valence-corrected chi connectivity index (χ0v) is 13.4. The molecule has 1 N–H and O–H groups in total. The highest BCUT2D eigenvalue weighted by Gasteiger charge is 2.16. The molecular formula is C16H20N2OS. The van der Waals surface area contributed by atoms with E-state index in [0.717, 1.165) is 16.3 Å². The van der Waals surface area contributed by atoms with E-state index in [1.807, 2.05) is 52.0 Å². The number of carbonyl (C=O) groups excluding carboxylic acids is 1. The van der Waals surface area contributed by atoms with Gasteiger partial charge in [-0.3, -0.25) is 4.79 Å². The molecule has 2 aromatic rings. The molecular weight excluding hydrogens is 268 g/mol. The zero-order valence-electron chi connectivity index (χ0n) is 12.6. The molecule has 0 spiro atoms. The minimum Gasteiger partial charge on any atom is -0.347 e. The number of benzene rings is 1. The Morgan fingerprint density at radius 1 is 1.25 bits per heavy atom. The van der Waals surface area contributed by atoms with E-state index in [0.29, 0.717) is 5.56 Å². The number of aromatic nitrogens is 1. The van der Waals surface area contributed by atoms with Crippen LogP contribution in [-0.2, 0) is 0 Å². The van der Waals surface area contributed by atoms with Gasteiger partial charge in [-0.2, -0.15) is 0 Å². The molecule has 2 rings (SSSR count). The number of amides is 1. The molecule has 0 bridgehead atoms. The summed E-state index contributed by atoms with van der Waals surface area (Å²) in [5, 5.41) is 3.94. The lowest BCUT2D eigenvalue weighted by Crippen LogP contribution is -2.40. The van der Waals surface area contributed by atoms with Crippen molar-refractivity contribution < 1.29 is 4.79 Å². The van der Waals surface area contributed by atoms with Crippen molar-refractivity contribution in [2.45, 2.75) is 40.2 Å². The summed E-state index contributed by atoms with van der Waals surface area (Å²) >= 11 is 1.66. The number of carbonyl (C=O) groups is 1. The Hall–Kier alpha value is -1.68. The minimum atomic E-state index is -0.235. The second-order valence-electron chi connectivity index (χ2n) is 5.95. The van der Waals surface area contributed by atoms with Gasteiger partial charge in [0.15, 0.2) is 0 Å². The second-order valence-corrected chi connectivity index (χ2v) is 7.15. The molecule has 0 aliphatic heterocycles. The predicted molar refractivity (Wildman–Crippen MR) is 84.2 cm³/mol. The maximum absolute atomic E-state index is 12.2. The molecule has 3 nitrogen and oxygen atoms in total. The first kappa shape index (κ1) is 14.7. The third kappa shape index (κ3) is 3.45. The summed E-state index contributed by atoms with van der Waals surface area (Å²) < 4.78 is 0. The zero-order chi connectivity index (χ0) is 14.9. The van der Waals surface area contributed by atoms with Gasteiger partial charge >= 0.3 is 0 Å². The fourth-order valence-corrected chi connectivity index (χ4v) is 2.71. The van der Waals surface area contributed by atoms with E-state index in [9.17, 15) is 4.79 Å². The largest absolute Gasteiger partial charge is 0.347 e. The maximum atomic E-state index is 12.2. The minimum absolute atomic E-state index is 0.0515. The summed E-state index contributed by atoms with van der Waals surface area (Å²) in [6.45, 7) is 9.99. The lowest BCUT2D eigenvalue weighted by Gasteiger charge is -2.20. The molecule has 4 heteroatoms. The molecule has 1 aromatic heterocycles. The number of hydrogen-bond acceptors (Lipinski definition) is 3. The monoisotopic (exact) mass is 288 g/mol. The van der Waals surface area contributed by atoms with Crippen molar-refractivity contribution in [1.29, 1.82) is 0 Å². The lowest BCUT2D eigenvalue weighted by atomic mass is 10.1. The summed E-state index contributed by atoms with van der Waals surface area (Å²) in [7, 11) is 0. The van der Waals surface area contributed by atoms with Crippen molar-refractivity contribution in [3.8, 4) is 10.6 Å². The van der Waals surface area contributed by atoms with Gasteiger partial charge in [0.25, 0.3) is 5.91 Å². The van der Waals surface area contributed by atoms with Crippen molar-refractivity contribution >= 4 is 17.2 Å². The summed E-state index contributed by atoms with van der Waals surface area (Å²) in [6.07, 6.45) is 0. The van der Waals surface area contributed by atoms with E-state index >= 15 is 0 Å². The highest BCUT2D eigenvalue weighted by atomic mass is 32.1. The van der Waals surface area contributed by atoms with Gasteiger partial charge in [-0.25, -0.2) is 4.98 Å². The van der Waals surface area contributed by atoms with E-state index in [1.54, 1.807) is 11.3 Å². The van der Waals surface area contributed by atoms with Crippen LogP contribution in [0.2, 0.25) is 0 Å². The Labute approximate surface area is 124 Å². The molecule has 1 aromatic carbocycles. The van der Waals surface area contributed by atoms with Crippen LogP contribution in [0.4, 0.5) is 0 Å². The third-order valence-electron chi connectivity index (χ3n) is 2.89. The van der Waals surface area contributed by atoms with Crippen LogP contribution in [0.15, 0.2) is 24.3 Å². The Morgan fingerprint density at radius 2 is 1.95 bits per heavy atom. The lowest BCUT2D eigenvalue weighted by molar-refractivity contribution is 0.0919. The van der Waals surface area contributed by atoms with Crippen LogP contribution in [0.5, 0.6) is 0 Å². The van der Waals surface area contributed by atoms with Crippen LogP contribution in [0, 0.1) is 13.8 Å². The molecule has 0 saturated heterocycles. The van der Waals surface area contributed by atoms with Crippen molar-refractivity contribution in [3.63, 3.8) is 0 Å². The van der Waals surface area contributed by atoms with E-state index in [-0.39, 0.29) is 11.4 Å². The Kier molecular flexibility index (Phi) is 3.95. The average Bonchev–Trinajstić information content (AvgIpc) is 2.68. The Balaban J connectivity index is 2.30. The summed E-state index contributed by atoms with van der Waals surface area (Å²) in [5.41, 5.74) is 2.48. The topological polar surface area (TPSA) is 42.0 Å². The van der Waals surface area contributed by atoms with Crippen LogP contribution >= 0.6 is 11.3 Å². The molecule has 0 saturated carbocycles. The third-order valence-corrected chi connectivity index (χ3v) is 4.01. The molecule has 106 valence electrons. The predicted octanol–water partition coefficient (Wildman–Crippen LogP) is 3.96. The first-order chi connectivity index (χ1) is 9.26. The van der Waals surface area contributed by atoms with E-state index < -0.39 is 0 Å². The van der Waals surface area contributed by atoms with E-state index in [4.69, 9.17) is 0 Å². The van der Waals surface area contributed by atoms with Gasteiger partial charge in [0.1, 0.15) is 5.01 Å². The fourth-order valence-electron chi connectivity index (χ4n) is 1.80. The highest BCUT2D eigenvalue weighted by Crippen LogP contribution is 2.27. The maximum Gasteiger partial charge on any atom is 0.251 e. The van der Waals surface area contributed by atoms with Gasteiger partial charge in [0.05, 0.1) is 5.69 Å². The van der Waals surface area contributed by atoms with E-state index in [2.05, 4.69) is 17.2 Å². The summed E-state index contributed by atoms with van der Waals surface area (Å²) in [5.74, 6) is -0.0515.